The summed E-state index contributed by atoms with van der Waals surface area (Å²) in [7, 11) is 0. The van der Waals surface area contributed by atoms with Crippen LogP contribution in [0, 0.1) is 0 Å². The fraction of sp³-hybridized carbons (Fsp3) is 0.857. The summed E-state index contributed by atoms with van der Waals surface area (Å²) in [5.41, 5.74) is 0. The van der Waals surface area contributed by atoms with Gasteiger partial charge < -0.3 is 18.9 Å². The number of ether oxygens (including phenoxy) is 4. The van der Waals surface area contributed by atoms with Gasteiger partial charge >= 0.3 is 6.00 Å². The van der Waals surface area contributed by atoms with Crippen molar-refractivity contribution in [2.45, 2.75) is 37.5 Å². The Morgan fingerprint density at radius 2 is 1.55 bits per heavy atom. The number of halogens is 3. The fourth-order valence-corrected chi connectivity index (χ4v) is 3.90. The monoisotopic (exact) mass is 390 g/mol. The molecule has 2 atom stereocenters. The molecule has 0 bridgehead atoms. The van der Waals surface area contributed by atoms with E-state index in [0.29, 0.717) is 45.7 Å². The van der Waals surface area contributed by atoms with E-state index in [9.17, 15) is 0 Å². The van der Waals surface area contributed by atoms with Crippen LogP contribution in [0.4, 0.5) is 0 Å². The third-order valence-electron chi connectivity index (χ3n) is 3.19. The highest BCUT2D eigenvalue weighted by Crippen LogP contribution is 2.27. The van der Waals surface area contributed by atoms with Gasteiger partial charge in [-0.05, 0) is 25.3 Å². The van der Waals surface area contributed by atoms with Crippen LogP contribution >= 0.6 is 33.2 Å². The molecule has 1 fully saturated rings. The van der Waals surface area contributed by atoms with E-state index in [1.807, 2.05) is 6.08 Å². The molecule has 8 heteroatoms. The molecule has 2 unspecified atom stereocenters. The summed E-state index contributed by atoms with van der Waals surface area (Å²) in [6.07, 6.45) is 4.29. The first kappa shape index (κ1) is 20.7. The second kappa shape index (κ2) is 12.1. The third kappa shape index (κ3) is 11.2. The fourth-order valence-electron chi connectivity index (χ4n) is 2.09. The summed E-state index contributed by atoms with van der Waals surface area (Å²) in [6.45, 7) is 6.92. The van der Waals surface area contributed by atoms with Gasteiger partial charge in [-0.25, -0.2) is 0 Å². The molecule has 1 aliphatic heterocycles. The Kier molecular flexibility index (Phi) is 11.4. The van der Waals surface area contributed by atoms with Crippen LogP contribution in [-0.4, -0.2) is 57.9 Å². The van der Waals surface area contributed by atoms with E-state index in [-0.39, 0.29) is 12.2 Å². The van der Waals surface area contributed by atoms with Crippen LogP contribution in [0.15, 0.2) is 12.7 Å². The van der Waals surface area contributed by atoms with Gasteiger partial charge in [0.1, 0.15) is 0 Å². The molecule has 0 N–H and O–H groups in total. The van der Waals surface area contributed by atoms with Crippen molar-refractivity contribution in [1.82, 2.24) is 0 Å². The van der Waals surface area contributed by atoms with Crippen molar-refractivity contribution in [1.29, 1.82) is 0 Å². The first-order valence-electron chi connectivity index (χ1n) is 7.57. The lowest BCUT2D eigenvalue weighted by Crippen LogP contribution is -2.28. The summed E-state index contributed by atoms with van der Waals surface area (Å²) in [5, 5.41) is 0. The van der Waals surface area contributed by atoms with Gasteiger partial charge in [0.25, 0.3) is 0 Å². The van der Waals surface area contributed by atoms with Crippen molar-refractivity contribution in [3.63, 3.8) is 0 Å². The van der Waals surface area contributed by atoms with Crippen molar-refractivity contribution < 1.29 is 18.9 Å². The Morgan fingerprint density at radius 1 is 0.955 bits per heavy atom. The minimum absolute atomic E-state index is 0.00773. The molecule has 0 radical (unpaired) electrons. The summed E-state index contributed by atoms with van der Waals surface area (Å²) < 4.78 is 22.7. The molecule has 1 saturated heterocycles. The van der Waals surface area contributed by atoms with E-state index < -0.39 is 6.00 Å². The van der Waals surface area contributed by atoms with Crippen LogP contribution in [0.3, 0.4) is 0 Å². The van der Waals surface area contributed by atoms with E-state index in [1.54, 1.807) is 0 Å². The maximum absolute atomic E-state index is 5.89. The lowest BCUT2D eigenvalue weighted by Gasteiger charge is -2.22. The van der Waals surface area contributed by atoms with Gasteiger partial charge in [-0.3, -0.25) is 0 Å². The SMILES string of the molecule is C=CCC1COCCOC(CCC[Si](Cl)(Cl)Cl)COCCO1. The molecule has 0 aromatic rings. The van der Waals surface area contributed by atoms with Crippen molar-refractivity contribution in [3.05, 3.63) is 12.7 Å². The van der Waals surface area contributed by atoms with Crippen LogP contribution in [0.5, 0.6) is 0 Å². The van der Waals surface area contributed by atoms with Crippen LogP contribution in [0.25, 0.3) is 0 Å². The van der Waals surface area contributed by atoms with Gasteiger partial charge in [0.2, 0.25) is 0 Å². The maximum atomic E-state index is 5.89. The van der Waals surface area contributed by atoms with Crippen LogP contribution in [0.1, 0.15) is 19.3 Å². The summed E-state index contributed by atoms with van der Waals surface area (Å²) in [6, 6.07) is -1.91. The lowest BCUT2D eigenvalue weighted by atomic mass is 10.2. The molecule has 1 aliphatic rings. The molecule has 0 aromatic carbocycles. The van der Waals surface area contributed by atoms with E-state index in [1.165, 1.54) is 0 Å². The largest absolute Gasteiger partial charge is 0.376 e. The predicted molar refractivity (Wildman–Crippen MR) is 93.3 cm³/mol. The Balaban J connectivity index is 2.30. The molecule has 1 heterocycles. The van der Waals surface area contributed by atoms with E-state index in [4.69, 9.17) is 52.2 Å². The molecule has 0 aliphatic carbocycles. The van der Waals surface area contributed by atoms with Crippen LogP contribution in [-0.2, 0) is 18.9 Å². The number of hydrogen-bond acceptors (Lipinski definition) is 4. The Hall–Kier alpha value is 0.667. The lowest BCUT2D eigenvalue weighted by molar-refractivity contribution is -0.0884. The first-order valence-corrected chi connectivity index (χ1v) is 12.8. The average Bonchev–Trinajstić information content (AvgIpc) is 2.42. The van der Waals surface area contributed by atoms with Crippen molar-refractivity contribution in [3.8, 4) is 0 Å². The molecule has 0 aromatic heterocycles. The van der Waals surface area contributed by atoms with Crippen molar-refractivity contribution in [2.75, 3.05) is 39.6 Å². The van der Waals surface area contributed by atoms with Gasteiger partial charge in [0, 0.05) is 0 Å². The smallest absolute Gasteiger partial charge is 0.341 e. The van der Waals surface area contributed by atoms with Gasteiger partial charge in [0.05, 0.1) is 51.8 Å². The highest BCUT2D eigenvalue weighted by Gasteiger charge is 2.24. The maximum Gasteiger partial charge on any atom is 0.341 e. The minimum atomic E-state index is -2.55. The van der Waals surface area contributed by atoms with Gasteiger partial charge in [0.15, 0.2) is 0 Å². The number of hydrogen-bond donors (Lipinski definition) is 0. The zero-order valence-corrected chi connectivity index (χ0v) is 16.0. The highest BCUT2D eigenvalue weighted by molar-refractivity contribution is 7.64. The molecule has 22 heavy (non-hydrogen) atoms. The van der Waals surface area contributed by atoms with Crippen molar-refractivity contribution >= 4 is 39.2 Å². The topological polar surface area (TPSA) is 36.9 Å². The van der Waals surface area contributed by atoms with Gasteiger partial charge in [-0.2, -0.15) is 0 Å². The minimum Gasteiger partial charge on any atom is -0.376 e. The summed E-state index contributed by atoms with van der Waals surface area (Å²) in [5.74, 6) is 0. The van der Waals surface area contributed by atoms with Crippen LogP contribution < -0.4 is 0 Å². The average molecular weight is 392 g/mol. The Morgan fingerprint density at radius 3 is 2.14 bits per heavy atom. The number of rotatable bonds is 6. The van der Waals surface area contributed by atoms with E-state index >= 15 is 0 Å². The van der Waals surface area contributed by atoms with Gasteiger partial charge in [-0.15, -0.1) is 39.8 Å². The zero-order valence-electron chi connectivity index (χ0n) is 12.8. The second-order valence-electron chi connectivity index (χ2n) is 5.17. The first-order chi connectivity index (χ1) is 10.5. The predicted octanol–water partition coefficient (Wildman–Crippen LogP) is 3.82. The third-order valence-corrected chi connectivity index (χ3v) is 5.81. The van der Waals surface area contributed by atoms with Crippen LogP contribution in [0.2, 0.25) is 6.04 Å². The molecular formula is C14H25Cl3O4Si. The highest BCUT2D eigenvalue weighted by atomic mass is 35.8. The molecule has 0 spiro atoms. The standard InChI is InChI=1S/C14H25Cl3O4Si/c1-2-4-13-11-18-7-9-21-14(12-19-6-8-20-13)5-3-10-22(15,16)17/h2,13-14H,1,3-12H2. The van der Waals surface area contributed by atoms with E-state index in [2.05, 4.69) is 6.58 Å². The molecule has 4 nitrogen and oxygen atoms in total. The molecule has 130 valence electrons. The molecule has 1 rings (SSSR count). The molecular weight excluding hydrogens is 367 g/mol. The Bertz CT molecular complexity index is 288. The van der Waals surface area contributed by atoms with Crippen molar-refractivity contribution in [2.24, 2.45) is 0 Å². The summed E-state index contributed by atoms with van der Waals surface area (Å²) in [4.78, 5) is 0. The molecule has 0 amide bonds. The summed E-state index contributed by atoms with van der Waals surface area (Å²) >= 11 is 17.7. The normalized spacial score (nSPS) is 26.0. The Labute approximate surface area is 148 Å². The quantitative estimate of drug-likeness (QED) is 0.392. The van der Waals surface area contributed by atoms with Gasteiger partial charge in [-0.1, -0.05) is 6.08 Å². The second-order valence-corrected chi connectivity index (χ2v) is 14.4. The van der Waals surface area contributed by atoms with E-state index in [0.717, 1.165) is 19.3 Å². The zero-order chi connectivity index (χ0) is 16.3. The molecule has 0 saturated carbocycles.